The van der Waals surface area contributed by atoms with Gasteiger partial charge in [-0.25, -0.2) is 9.97 Å². The van der Waals surface area contributed by atoms with Crippen LogP contribution in [0.4, 0.5) is 5.82 Å². The van der Waals surface area contributed by atoms with E-state index in [1.165, 1.54) is 4.52 Å². The number of amides is 1. The van der Waals surface area contributed by atoms with E-state index in [4.69, 9.17) is 0 Å². The Labute approximate surface area is 148 Å². The summed E-state index contributed by atoms with van der Waals surface area (Å²) in [5.74, 6) is -0.159. The van der Waals surface area contributed by atoms with Gasteiger partial charge in [-0.05, 0) is 31.2 Å². The lowest BCUT2D eigenvalue weighted by Gasteiger charge is -2.10. The third kappa shape index (κ3) is 2.65. The summed E-state index contributed by atoms with van der Waals surface area (Å²) in [6, 6.07) is 16.3. The normalized spacial score (nSPS) is 10.8. The van der Waals surface area contributed by atoms with E-state index in [-0.39, 0.29) is 5.56 Å². The van der Waals surface area contributed by atoms with Crippen LogP contribution < -0.4 is 10.9 Å². The second kappa shape index (κ2) is 6.29. The van der Waals surface area contributed by atoms with Crippen LogP contribution in [-0.2, 0) is 0 Å². The number of anilines is 1. The van der Waals surface area contributed by atoms with Crippen molar-refractivity contribution < 1.29 is 4.79 Å². The predicted octanol–water partition coefficient (Wildman–Crippen LogP) is 2.44. The first kappa shape index (κ1) is 15.8. The molecule has 1 amide bonds. The topological polar surface area (TPSA) is 81.3 Å². The summed E-state index contributed by atoms with van der Waals surface area (Å²) in [6.07, 6.45) is 3.32. The van der Waals surface area contributed by atoms with Crippen molar-refractivity contribution >= 4 is 17.4 Å². The van der Waals surface area contributed by atoms with Gasteiger partial charge in [0.2, 0.25) is 0 Å². The van der Waals surface area contributed by atoms with E-state index in [1.54, 1.807) is 48.3 Å². The first-order chi connectivity index (χ1) is 12.6. The molecule has 4 aromatic rings. The number of nitrogens with one attached hydrogen (secondary N) is 1. The van der Waals surface area contributed by atoms with Gasteiger partial charge in [0.1, 0.15) is 11.4 Å². The van der Waals surface area contributed by atoms with Crippen molar-refractivity contribution in [3.63, 3.8) is 0 Å². The Bertz CT molecular complexity index is 1150. The highest BCUT2D eigenvalue weighted by molar-refractivity contribution is 6.04. The molecule has 128 valence electrons. The predicted molar refractivity (Wildman–Crippen MR) is 97.7 cm³/mol. The molecule has 0 aliphatic rings. The largest absolute Gasteiger partial charge is 0.306 e. The van der Waals surface area contributed by atoms with Crippen LogP contribution in [0.3, 0.4) is 0 Å². The van der Waals surface area contributed by atoms with Crippen LogP contribution >= 0.6 is 0 Å². The first-order valence-electron chi connectivity index (χ1n) is 8.04. The average molecular weight is 345 g/mol. The highest BCUT2D eigenvalue weighted by Gasteiger charge is 2.20. The van der Waals surface area contributed by atoms with Crippen LogP contribution in [0, 0.1) is 6.92 Å². The summed E-state index contributed by atoms with van der Waals surface area (Å²) in [7, 11) is 0. The zero-order valence-electron chi connectivity index (χ0n) is 14.0. The molecule has 0 aliphatic heterocycles. The monoisotopic (exact) mass is 345 g/mol. The minimum absolute atomic E-state index is 0.0102. The lowest BCUT2D eigenvalue weighted by Crippen LogP contribution is -2.31. The molecule has 0 bridgehead atoms. The zero-order valence-corrected chi connectivity index (χ0v) is 14.0. The highest BCUT2D eigenvalue weighted by Crippen LogP contribution is 2.12. The summed E-state index contributed by atoms with van der Waals surface area (Å²) in [5, 5.41) is 2.64. The number of hydrogen-bond donors (Lipinski definition) is 1. The molecule has 26 heavy (non-hydrogen) atoms. The molecule has 4 rings (SSSR count). The number of hydrogen-bond acceptors (Lipinski definition) is 4. The van der Waals surface area contributed by atoms with Gasteiger partial charge in [-0.2, -0.15) is 4.52 Å². The lowest BCUT2D eigenvalue weighted by atomic mass is 10.2. The second-order valence-corrected chi connectivity index (χ2v) is 5.71. The van der Waals surface area contributed by atoms with Crippen molar-refractivity contribution in [2.75, 3.05) is 5.32 Å². The van der Waals surface area contributed by atoms with Gasteiger partial charge in [0.05, 0.1) is 11.4 Å². The molecule has 0 fully saturated rings. The zero-order chi connectivity index (χ0) is 18.1. The number of carbonyl (C=O) groups excluding carboxylic acids is 1. The van der Waals surface area contributed by atoms with E-state index in [1.807, 2.05) is 30.3 Å². The standard InChI is InChI=1S/C19H15N5O2/c1-13-17(18(25)22-15-9-5-6-11-20-15)19(26)24-16(21-13)10-12-23(24)14-7-3-2-4-8-14/h2-12H,1H3,(H,20,22,25). The average Bonchev–Trinajstić information content (AvgIpc) is 3.07. The summed E-state index contributed by atoms with van der Waals surface area (Å²) < 4.78 is 3.05. The number of aryl methyl sites for hydroxylation is 1. The minimum Gasteiger partial charge on any atom is -0.306 e. The van der Waals surface area contributed by atoms with E-state index in [0.29, 0.717) is 17.2 Å². The number of nitrogens with zero attached hydrogens (tertiary/aromatic N) is 4. The van der Waals surface area contributed by atoms with Crippen molar-refractivity contribution in [2.45, 2.75) is 6.92 Å². The molecular weight excluding hydrogens is 330 g/mol. The van der Waals surface area contributed by atoms with E-state index in [2.05, 4.69) is 15.3 Å². The van der Waals surface area contributed by atoms with Crippen LogP contribution in [0.1, 0.15) is 16.1 Å². The fourth-order valence-corrected chi connectivity index (χ4v) is 2.82. The molecule has 0 radical (unpaired) electrons. The maximum absolute atomic E-state index is 13.1. The molecule has 0 unspecified atom stereocenters. The fourth-order valence-electron chi connectivity index (χ4n) is 2.82. The number of rotatable bonds is 3. The van der Waals surface area contributed by atoms with Crippen LogP contribution in [0.15, 0.2) is 71.8 Å². The third-order valence-corrected chi connectivity index (χ3v) is 4.00. The van der Waals surface area contributed by atoms with Crippen LogP contribution in [0.5, 0.6) is 0 Å². The molecule has 0 spiro atoms. The number of para-hydroxylation sites is 1. The first-order valence-corrected chi connectivity index (χ1v) is 8.04. The van der Waals surface area contributed by atoms with Crippen LogP contribution in [0.2, 0.25) is 0 Å². The number of aromatic nitrogens is 4. The van der Waals surface area contributed by atoms with Crippen LogP contribution in [0.25, 0.3) is 11.3 Å². The van der Waals surface area contributed by atoms with Crippen molar-refractivity contribution in [3.8, 4) is 5.69 Å². The lowest BCUT2D eigenvalue weighted by molar-refractivity contribution is 0.102. The molecule has 3 aromatic heterocycles. The number of benzene rings is 1. The van der Waals surface area contributed by atoms with Crippen molar-refractivity contribution in [1.82, 2.24) is 19.2 Å². The molecule has 1 N–H and O–H groups in total. The summed E-state index contributed by atoms with van der Waals surface area (Å²) >= 11 is 0. The van der Waals surface area contributed by atoms with Crippen molar-refractivity contribution in [2.24, 2.45) is 0 Å². The molecule has 7 heteroatoms. The molecule has 0 saturated heterocycles. The molecule has 7 nitrogen and oxygen atoms in total. The third-order valence-electron chi connectivity index (χ3n) is 4.00. The van der Waals surface area contributed by atoms with Crippen molar-refractivity contribution in [1.29, 1.82) is 0 Å². The molecule has 3 heterocycles. The molecule has 0 aliphatic carbocycles. The van der Waals surface area contributed by atoms with E-state index in [9.17, 15) is 9.59 Å². The van der Waals surface area contributed by atoms with Gasteiger partial charge in [0, 0.05) is 18.5 Å². The SMILES string of the molecule is Cc1nc2ccn(-c3ccccc3)n2c(=O)c1C(=O)Nc1ccccn1. The Hall–Kier alpha value is -3.74. The van der Waals surface area contributed by atoms with E-state index >= 15 is 0 Å². The van der Waals surface area contributed by atoms with Crippen LogP contribution in [-0.4, -0.2) is 25.1 Å². The van der Waals surface area contributed by atoms with Gasteiger partial charge in [-0.1, -0.05) is 24.3 Å². The number of pyridine rings is 1. The van der Waals surface area contributed by atoms with E-state index in [0.717, 1.165) is 5.69 Å². The van der Waals surface area contributed by atoms with Gasteiger partial charge in [-0.15, -0.1) is 0 Å². The Balaban J connectivity index is 1.85. The summed E-state index contributed by atoms with van der Waals surface area (Å²) in [5.41, 5.74) is 1.20. The summed E-state index contributed by atoms with van der Waals surface area (Å²) in [4.78, 5) is 34.2. The molecular formula is C19H15N5O2. The second-order valence-electron chi connectivity index (χ2n) is 5.71. The Morgan fingerprint density at radius 2 is 1.81 bits per heavy atom. The van der Waals surface area contributed by atoms with Crippen molar-refractivity contribution in [3.05, 3.63) is 88.6 Å². The van der Waals surface area contributed by atoms with Gasteiger partial charge in [0.15, 0.2) is 5.65 Å². The maximum atomic E-state index is 13.1. The fraction of sp³-hybridized carbons (Fsp3) is 0.0526. The smallest absolute Gasteiger partial charge is 0.286 e. The van der Waals surface area contributed by atoms with Gasteiger partial charge < -0.3 is 5.32 Å². The Morgan fingerprint density at radius 3 is 2.54 bits per heavy atom. The van der Waals surface area contributed by atoms with Gasteiger partial charge >= 0.3 is 0 Å². The van der Waals surface area contributed by atoms with Gasteiger partial charge in [-0.3, -0.25) is 14.3 Å². The molecule has 0 saturated carbocycles. The highest BCUT2D eigenvalue weighted by atomic mass is 16.2. The quantitative estimate of drug-likeness (QED) is 0.618. The Morgan fingerprint density at radius 1 is 1.04 bits per heavy atom. The van der Waals surface area contributed by atoms with E-state index < -0.39 is 11.5 Å². The molecule has 0 atom stereocenters. The maximum Gasteiger partial charge on any atom is 0.286 e. The number of fused-ring (bicyclic) bond motifs is 1. The summed E-state index contributed by atoms with van der Waals surface area (Å²) in [6.45, 7) is 1.65. The Kier molecular flexibility index (Phi) is 3.81. The van der Waals surface area contributed by atoms with Gasteiger partial charge in [0.25, 0.3) is 11.5 Å². The molecule has 1 aromatic carbocycles. The number of carbonyl (C=O) groups is 1. The minimum atomic E-state index is -0.533.